The summed E-state index contributed by atoms with van der Waals surface area (Å²) in [4.78, 5) is 41.0. The van der Waals surface area contributed by atoms with Crippen molar-refractivity contribution in [1.82, 2.24) is 20.6 Å². The van der Waals surface area contributed by atoms with Gasteiger partial charge in [-0.15, -0.1) is 0 Å². The quantitative estimate of drug-likeness (QED) is 0.288. The third-order valence-corrected chi connectivity index (χ3v) is 3.01. The second-order valence-corrected chi connectivity index (χ2v) is 4.68. The van der Waals surface area contributed by atoms with Crippen molar-refractivity contribution in [3.05, 3.63) is 18.2 Å². The van der Waals surface area contributed by atoms with E-state index in [-0.39, 0.29) is 18.7 Å². The number of hydrogen-bond acceptors (Lipinski definition) is 6. The number of nitrogens with two attached hydrogens (primary N) is 2. The van der Waals surface area contributed by atoms with Crippen molar-refractivity contribution in [3.8, 4) is 0 Å². The van der Waals surface area contributed by atoms with E-state index in [2.05, 4.69) is 33.2 Å². The number of rotatable bonds is 8. The highest BCUT2D eigenvalue weighted by Crippen LogP contribution is 1.98. The van der Waals surface area contributed by atoms with Crippen molar-refractivity contribution in [2.45, 2.75) is 18.5 Å². The van der Waals surface area contributed by atoms with Gasteiger partial charge in [-0.05, 0) is 0 Å². The minimum atomic E-state index is -0.895. The van der Waals surface area contributed by atoms with E-state index in [9.17, 15) is 14.4 Å². The van der Waals surface area contributed by atoms with Crippen LogP contribution in [0.15, 0.2) is 12.5 Å². The molecular formula is C11H18N6O3S. The number of aromatic amines is 1. The van der Waals surface area contributed by atoms with Gasteiger partial charge in [-0.25, -0.2) is 4.98 Å². The van der Waals surface area contributed by atoms with Gasteiger partial charge < -0.3 is 27.1 Å². The molecule has 2 atom stereocenters. The topological polar surface area (TPSA) is 156 Å². The van der Waals surface area contributed by atoms with Crippen LogP contribution < -0.4 is 22.1 Å². The molecule has 0 aliphatic heterocycles. The molecule has 3 amide bonds. The molecule has 1 aromatic heterocycles. The predicted octanol–water partition coefficient (Wildman–Crippen LogP) is -2.70. The van der Waals surface area contributed by atoms with Crippen LogP contribution in [0.25, 0.3) is 0 Å². The lowest BCUT2D eigenvalue weighted by molar-refractivity contribution is -0.128. The number of carbonyl (C=O) groups is 3. The first-order chi connectivity index (χ1) is 9.93. The molecule has 0 bridgehead atoms. The number of nitrogens with zero attached hydrogens (tertiary/aromatic N) is 1. The van der Waals surface area contributed by atoms with Crippen LogP contribution in [0.2, 0.25) is 0 Å². The Bertz CT molecular complexity index is 492. The van der Waals surface area contributed by atoms with E-state index in [0.29, 0.717) is 5.69 Å². The van der Waals surface area contributed by atoms with Gasteiger partial charge in [0.25, 0.3) is 0 Å². The van der Waals surface area contributed by atoms with Gasteiger partial charge in [0.15, 0.2) is 0 Å². The molecule has 0 aliphatic rings. The number of primary amides is 1. The summed E-state index contributed by atoms with van der Waals surface area (Å²) in [5.41, 5.74) is 11.3. The normalized spacial score (nSPS) is 13.2. The molecule has 1 heterocycles. The Hall–Kier alpha value is -2.07. The van der Waals surface area contributed by atoms with E-state index >= 15 is 0 Å². The third kappa shape index (κ3) is 5.83. The zero-order valence-electron chi connectivity index (χ0n) is 11.2. The van der Waals surface area contributed by atoms with Crippen molar-refractivity contribution in [2.24, 2.45) is 11.5 Å². The van der Waals surface area contributed by atoms with Crippen molar-refractivity contribution >= 4 is 30.4 Å². The average Bonchev–Trinajstić information content (AvgIpc) is 2.95. The summed E-state index contributed by atoms with van der Waals surface area (Å²) in [5, 5.41) is 4.77. The van der Waals surface area contributed by atoms with Crippen LogP contribution in [-0.2, 0) is 20.8 Å². The number of amides is 3. The molecule has 0 fully saturated rings. The van der Waals surface area contributed by atoms with E-state index in [4.69, 9.17) is 11.5 Å². The second-order valence-electron chi connectivity index (χ2n) is 4.31. The Balaban J connectivity index is 2.46. The summed E-state index contributed by atoms with van der Waals surface area (Å²) in [6.07, 6.45) is 3.16. The fourth-order valence-electron chi connectivity index (χ4n) is 1.47. The van der Waals surface area contributed by atoms with Gasteiger partial charge in [-0.2, -0.15) is 12.6 Å². The highest BCUT2D eigenvalue weighted by Gasteiger charge is 2.20. The fourth-order valence-corrected chi connectivity index (χ4v) is 1.63. The first-order valence-corrected chi connectivity index (χ1v) is 6.77. The molecule has 10 heteroatoms. The number of imidazole rings is 1. The highest BCUT2D eigenvalue weighted by molar-refractivity contribution is 7.80. The molecule has 0 unspecified atom stereocenters. The molecule has 0 saturated heterocycles. The summed E-state index contributed by atoms with van der Waals surface area (Å²) in [7, 11) is 0. The Kier molecular flexibility index (Phi) is 6.69. The maximum atomic E-state index is 11.7. The van der Waals surface area contributed by atoms with Crippen molar-refractivity contribution in [1.29, 1.82) is 0 Å². The maximum Gasteiger partial charge on any atom is 0.240 e. The number of hydrogen-bond donors (Lipinski definition) is 6. The number of aromatic nitrogens is 2. The largest absolute Gasteiger partial charge is 0.368 e. The van der Waals surface area contributed by atoms with Crippen LogP contribution in [0, 0.1) is 0 Å². The average molecular weight is 314 g/mol. The predicted molar refractivity (Wildman–Crippen MR) is 78.3 cm³/mol. The smallest absolute Gasteiger partial charge is 0.240 e. The first kappa shape index (κ1) is 17.0. The Morgan fingerprint density at radius 3 is 2.67 bits per heavy atom. The molecule has 7 N–H and O–H groups in total. The minimum absolute atomic E-state index is 0.164. The van der Waals surface area contributed by atoms with Crippen LogP contribution in [-0.4, -0.2) is 52.1 Å². The molecule has 116 valence electrons. The molecule has 1 aromatic rings. The van der Waals surface area contributed by atoms with E-state index in [1.807, 2.05) is 0 Å². The van der Waals surface area contributed by atoms with E-state index in [0.717, 1.165) is 0 Å². The van der Waals surface area contributed by atoms with Crippen molar-refractivity contribution in [3.63, 3.8) is 0 Å². The first-order valence-electron chi connectivity index (χ1n) is 6.14. The van der Waals surface area contributed by atoms with Gasteiger partial charge >= 0.3 is 0 Å². The Morgan fingerprint density at radius 2 is 2.14 bits per heavy atom. The number of carbonyl (C=O) groups excluding carboxylic acids is 3. The molecule has 0 aliphatic carbocycles. The number of H-pyrrole nitrogens is 1. The van der Waals surface area contributed by atoms with Gasteiger partial charge in [0, 0.05) is 24.1 Å². The number of thiol groups is 1. The van der Waals surface area contributed by atoms with Crippen LogP contribution in [0.1, 0.15) is 5.69 Å². The summed E-state index contributed by atoms with van der Waals surface area (Å²) < 4.78 is 0. The van der Waals surface area contributed by atoms with Crippen LogP contribution in [0.3, 0.4) is 0 Å². The summed E-state index contributed by atoms with van der Waals surface area (Å²) in [6.45, 7) is -0.299. The lowest BCUT2D eigenvalue weighted by Crippen LogP contribution is -2.51. The summed E-state index contributed by atoms with van der Waals surface area (Å²) >= 11 is 3.87. The summed E-state index contributed by atoms with van der Waals surface area (Å²) in [5.74, 6) is -1.56. The second kappa shape index (κ2) is 8.27. The molecular weight excluding hydrogens is 296 g/mol. The Labute approximate surface area is 126 Å². The molecule has 0 saturated carbocycles. The van der Waals surface area contributed by atoms with E-state index in [1.54, 1.807) is 0 Å². The Morgan fingerprint density at radius 1 is 1.43 bits per heavy atom. The van der Waals surface area contributed by atoms with Crippen molar-refractivity contribution < 1.29 is 14.4 Å². The minimum Gasteiger partial charge on any atom is -0.368 e. The van der Waals surface area contributed by atoms with Crippen LogP contribution in [0.5, 0.6) is 0 Å². The number of nitrogens with one attached hydrogen (secondary N) is 3. The summed E-state index contributed by atoms with van der Waals surface area (Å²) in [6, 6.07) is -1.69. The maximum absolute atomic E-state index is 11.7. The zero-order valence-corrected chi connectivity index (χ0v) is 12.1. The molecule has 9 nitrogen and oxygen atoms in total. The lowest BCUT2D eigenvalue weighted by atomic mass is 10.1. The van der Waals surface area contributed by atoms with Gasteiger partial charge in [0.2, 0.25) is 17.7 Å². The third-order valence-electron chi connectivity index (χ3n) is 2.61. The van der Waals surface area contributed by atoms with Crippen LogP contribution >= 0.6 is 12.6 Å². The van der Waals surface area contributed by atoms with Gasteiger partial charge in [0.05, 0.1) is 18.9 Å². The standard InChI is InChI=1S/C11H18N6O3S/c12-7(4-21)11(20)15-3-9(18)17-8(10(13)19)1-6-2-14-5-16-6/h2,5,7-8,21H,1,3-4,12H2,(H2,13,19)(H,14,16)(H,15,20)(H,17,18)/t7-,8-/m0/s1. The van der Waals surface area contributed by atoms with E-state index < -0.39 is 29.8 Å². The lowest BCUT2D eigenvalue weighted by Gasteiger charge is -2.15. The monoisotopic (exact) mass is 314 g/mol. The molecule has 21 heavy (non-hydrogen) atoms. The van der Waals surface area contributed by atoms with Crippen LogP contribution in [0.4, 0.5) is 0 Å². The zero-order chi connectivity index (χ0) is 15.8. The fraction of sp³-hybridized carbons (Fsp3) is 0.455. The highest BCUT2D eigenvalue weighted by atomic mass is 32.1. The van der Waals surface area contributed by atoms with Crippen molar-refractivity contribution in [2.75, 3.05) is 12.3 Å². The SMILES string of the molecule is NC(=O)[C@H](Cc1cnc[nH]1)NC(=O)CNC(=O)[C@@H](N)CS. The van der Waals surface area contributed by atoms with E-state index in [1.165, 1.54) is 12.5 Å². The van der Waals surface area contributed by atoms with Gasteiger partial charge in [-0.3, -0.25) is 14.4 Å². The molecule has 0 aromatic carbocycles. The molecule has 0 radical (unpaired) electrons. The molecule has 0 spiro atoms. The molecule has 1 rings (SSSR count). The van der Waals surface area contributed by atoms with Gasteiger partial charge in [-0.1, -0.05) is 0 Å². The van der Waals surface area contributed by atoms with Gasteiger partial charge in [0.1, 0.15) is 6.04 Å².